The standard InChI is InChI=1S/C60H48N4O/c1-41(60(2,3)4)45-34-35-61-58(37-45)64-54-33-30-46(42-18-8-5-9-19-42)36-53(54)52-32-31-49(39-57(52)64)65-48-25-16-24-47(38-48)62-40-63(56-29-15-14-28-55(56)62)59-50(43-20-10-6-11-21-43)26-17-27-51(59)44-22-12-7-13-23-44/h5-39,41H,1-4H3/i6D,7D,10D,11D,12D,13D,20D,21D,22D,23D. The maximum atomic E-state index is 9.05. The van der Waals surface area contributed by atoms with Gasteiger partial charge in [-0.05, 0) is 105 Å². The summed E-state index contributed by atoms with van der Waals surface area (Å²) >= 11 is 0. The van der Waals surface area contributed by atoms with Gasteiger partial charge in [-0.25, -0.2) is 4.98 Å². The lowest BCUT2D eigenvalue weighted by Crippen LogP contribution is -2.31. The molecule has 0 aliphatic heterocycles. The first kappa shape index (κ1) is 30.1. The summed E-state index contributed by atoms with van der Waals surface area (Å²) in [5.41, 5.74) is 7.42. The van der Waals surface area contributed by atoms with Crippen molar-refractivity contribution < 1.29 is 23.0 Å². The second-order valence-electron chi connectivity index (χ2n) is 17.2. The maximum absolute atomic E-state index is 9.05. The van der Waals surface area contributed by atoms with E-state index in [-0.39, 0.29) is 39.3 Å². The first-order valence-corrected chi connectivity index (χ1v) is 21.5. The van der Waals surface area contributed by atoms with E-state index < -0.39 is 60.4 Å². The molecule has 0 aliphatic rings. The Morgan fingerprint density at radius 2 is 1.28 bits per heavy atom. The van der Waals surface area contributed by atoms with Gasteiger partial charge < -0.3 is 4.74 Å². The number of fused-ring (bicyclic) bond motifs is 4. The minimum Gasteiger partial charge on any atom is -0.458 e. The molecule has 314 valence electrons. The summed E-state index contributed by atoms with van der Waals surface area (Å²) in [7, 11) is 0. The minimum atomic E-state index is -0.567. The van der Waals surface area contributed by atoms with Crippen molar-refractivity contribution >= 4 is 32.8 Å². The van der Waals surface area contributed by atoms with Gasteiger partial charge in [0.15, 0.2) is 0 Å². The van der Waals surface area contributed by atoms with Crippen molar-refractivity contribution in [3.8, 4) is 62.1 Å². The monoisotopic (exact) mass is 850 g/mol. The van der Waals surface area contributed by atoms with E-state index in [2.05, 4.69) is 87.1 Å². The molecular weight excluding hydrogens is 793 g/mol. The van der Waals surface area contributed by atoms with Gasteiger partial charge in [0.1, 0.15) is 17.3 Å². The molecule has 0 amide bonds. The van der Waals surface area contributed by atoms with Crippen molar-refractivity contribution in [2.75, 3.05) is 0 Å². The lowest BCUT2D eigenvalue weighted by atomic mass is 9.78. The average Bonchev–Trinajstić information content (AvgIpc) is 3.96. The molecule has 5 heteroatoms. The van der Waals surface area contributed by atoms with Crippen LogP contribution in [0.5, 0.6) is 11.5 Å². The summed E-state index contributed by atoms with van der Waals surface area (Å²) in [5.74, 6) is 2.14. The summed E-state index contributed by atoms with van der Waals surface area (Å²) in [6, 6.07) is 41.7. The van der Waals surface area contributed by atoms with E-state index in [4.69, 9.17) is 23.4 Å². The molecule has 1 unspecified atom stereocenters. The fraction of sp³-hybridized carbons (Fsp3) is 0.100. The van der Waals surface area contributed by atoms with Crippen molar-refractivity contribution in [2.45, 2.75) is 33.6 Å². The molecule has 0 N–H and O–H groups in total. The van der Waals surface area contributed by atoms with Crippen LogP contribution in [0.1, 0.15) is 52.9 Å². The van der Waals surface area contributed by atoms with Crippen LogP contribution in [-0.2, 0) is 0 Å². The number of hydrogen-bond donors (Lipinski definition) is 0. The van der Waals surface area contributed by atoms with Gasteiger partial charge in [0.25, 0.3) is 6.33 Å². The zero-order valence-electron chi connectivity index (χ0n) is 46.2. The lowest BCUT2D eigenvalue weighted by molar-refractivity contribution is -0.571. The van der Waals surface area contributed by atoms with Crippen LogP contribution in [0.25, 0.3) is 83.4 Å². The van der Waals surface area contributed by atoms with Crippen molar-refractivity contribution in [1.29, 1.82) is 0 Å². The number of nitrogens with zero attached hydrogens (tertiary/aromatic N) is 4. The van der Waals surface area contributed by atoms with E-state index in [0.29, 0.717) is 28.2 Å². The van der Waals surface area contributed by atoms with Crippen LogP contribution in [0.3, 0.4) is 0 Å². The van der Waals surface area contributed by atoms with Crippen LogP contribution < -0.4 is 9.30 Å². The summed E-state index contributed by atoms with van der Waals surface area (Å²) < 4.78 is 99.7. The molecule has 0 fully saturated rings. The van der Waals surface area contributed by atoms with Gasteiger partial charge in [0.2, 0.25) is 0 Å². The highest BCUT2D eigenvalue weighted by atomic mass is 16.5. The number of para-hydroxylation sites is 3. The van der Waals surface area contributed by atoms with Crippen LogP contribution in [-0.4, -0.2) is 14.1 Å². The first-order valence-electron chi connectivity index (χ1n) is 26.5. The molecule has 11 rings (SSSR count). The normalized spacial score (nSPS) is 14.4. The van der Waals surface area contributed by atoms with E-state index >= 15 is 0 Å². The zero-order valence-corrected chi connectivity index (χ0v) is 36.2. The Bertz CT molecular complexity index is 3980. The third-order valence-electron chi connectivity index (χ3n) is 12.3. The average molecular weight is 851 g/mol. The zero-order chi connectivity index (χ0) is 52.8. The van der Waals surface area contributed by atoms with Crippen molar-refractivity contribution in [3.05, 3.63) is 224 Å². The van der Waals surface area contributed by atoms with E-state index in [1.54, 1.807) is 27.3 Å². The quantitative estimate of drug-likeness (QED) is 0.107. The van der Waals surface area contributed by atoms with Gasteiger partial charge in [-0.1, -0.05) is 173 Å². The summed E-state index contributed by atoms with van der Waals surface area (Å²) in [6.07, 6.45) is 5.34. The number of pyridine rings is 1. The number of aromatic nitrogens is 4. The van der Waals surface area contributed by atoms with Gasteiger partial charge >= 0.3 is 0 Å². The Kier molecular flexibility index (Phi) is 7.54. The Labute approximate surface area is 394 Å². The van der Waals surface area contributed by atoms with E-state index in [1.807, 2.05) is 85.1 Å². The Morgan fingerprint density at radius 3 is 2.02 bits per heavy atom. The van der Waals surface area contributed by atoms with Crippen LogP contribution in [0.2, 0.25) is 0 Å². The highest BCUT2D eigenvalue weighted by molar-refractivity contribution is 6.10. The predicted octanol–water partition coefficient (Wildman–Crippen LogP) is 15.1. The topological polar surface area (TPSA) is 35.9 Å². The van der Waals surface area contributed by atoms with E-state index in [9.17, 15) is 0 Å². The van der Waals surface area contributed by atoms with Gasteiger partial charge in [0.05, 0.1) is 47.1 Å². The van der Waals surface area contributed by atoms with Crippen LogP contribution in [0, 0.1) is 11.7 Å². The van der Waals surface area contributed by atoms with Crippen LogP contribution >= 0.6 is 0 Å². The molecule has 65 heavy (non-hydrogen) atoms. The molecule has 0 saturated heterocycles. The Balaban J connectivity index is 1.07. The molecule has 0 aliphatic carbocycles. The smallest absolute Gasteiger partial charge is 0.269 e. The number of hydrogen-bond acceptors (Lipinski definition) is 2. The fourth-order valence-electron chi connectivity index (χ4n) is 8.64. The van der Waals surface area contributed by atoms with Crippen LogP contribution in [0.4, 0.5) is 0 Å². The summed E-state index contributed by atoms with van der Waals surface area (Å²) in [6.45, 7) is 8.98. The minimum absolute atomic E-state index is 0.0280. The predicted molar refractivity (Wildman–Crippen MR) is 266 cm³/mol. The van der Waals surface area contributed by atoms with E-state index in [1.165, 1.54) is 5.56 Å². The summed E-state index contributed by atoms with van der Waals surface area (Å²) in [5, 5.41) is 2.10. The molecule has 3 heterocycles. The molecule has 5 nitrogen and oxygen atoms in total. The van der Waals surface area contributed by atoms with Crippen molar-refractivity contribution in [1.82, 2.24) is 14.1 Å². The fourth-order valence-corrected chi connectivity index (χ4v) is 8.64. The maximum Gasteiger partial charge on any atom is 0.269 e. The molecule has 3 aromatic heterocycles. The van der Waals surface area contributed by atoms with E-state index in [0.717, 1.165) is 38.8 Å². The highest BCUT2D eigenvalue weighted by Gasteiger charge is 2.24. The molecule has 0 radical (unpaired) electrons. The van der Waals surface area contributed by atoms with Gasteiger partial charge in [0, 0.05) is 23.0 Å². The second-order valence-corrected chi connectivity index (χ2v) is 17.2. The van der Waals surface area contributed by atoms with Crippen LogP contribution in [0.15, 0.2) is 212 Å². The molecule has 11 aromatic rings. The molecular formula is C60H48N4O. The number of benzene rings is 8. The lowest BCUT2D eigenvalue weighted by Gasteiger charge is -2.27. The second kappa shape index (κ2) is 16.3. The molecule has 8 aromatic carbocycles. The van der Waals surface area contributed by atoms with Gasteiger partial charge in [-0.3, -0.25) is 13.7 Å². The summed E-state index contributed by atoms with van der Waals surface area (Å²) in [4.78, 5) is 4.95. The number of imidazole rings is 1. The largest absolute Gasteiger partial charge is 0.458 e. The van der Waals surface area contributed by atoms with Gasteiger partial charge in [-0.2, -0.15) is 0 Å². The number of rotatable bonds is 9. The number of ether oxygens (including phenoxy) is 1. The van der Waals surface area contributed by atoms with Crippen molar-refractivity contribution in [2.24, 2.45) is 5.41 Å². The first-order chi connectivity index (χ1) is 35.9. The third-order valence-corrected chi connectivity index (χ3v) is 12.3. The molecule has 0 spiro atoms. The van der Waals surface area contributed by atoms with Gasteiger partial charge in [-0.15, -0.1) is 0 Å². The molecule has 1 atom stereocenters. The Hall–Kier alpha value is -8.02. The SMILES string of the molecule is [2H]c1c([2H])c([2H])c(-c2cccc(-c3c([2H])c([2H])c([2H])c([2H])c3[2H])c2-[n+]2[c-]n(-c3cccc(Oc4ccc5c6cc(-c7ccccc7)ccc6n(-c6cc(C(C)C(C)(C)C)ccn6)c5c4)c3)c3ccccc32)c([2H])c1[2H]. The highest BCUT2D eigenvalue weighted by Crippen LogP contribution is 2.40. The Morgan fingerprint density at radius 1 is 0.585 bits per heavy atom. The third kappa shape index (κ3) is 7.35. The molecule has 0 bridgehead atoms. The molecule has 0 saturated carbocycles. The van der Waals surface area contributed by atoms with Crippen molar-refractivity contribution in [3.63, 3.8) is 0 Å².